The van der Waals surface area contributed by atoms with Crippen LogP contribution in [0.3, 0.4) is 0 Å². The number of aryl methyl sites for hydroxylation is 1. The highest BCUT2D eigenvalue weighted by molar-refractivity contribution is 7.09. The highest BCUT2D eigenvalue weighted by Gasteiger charge is 2.32. The van der Waals surface area contributed by atoms with Crippen LogP contribution >= 0.6 is 11.3 Å². The van der Waals surface area contributed by atoms with Crippen molar-refractivity contribution in [3.63, 3.8) is 0 Å². The zero-order valence-corrected chi connectivity index (χ0v) is 12.3. The predicted molar refractivity (Wildman–Crippen MR) is 83.1 cm³/mol. The van der Waals surface area contributed by atoms with Crippen LogP contribution in [0.1, 0.15) is 23.3 Å². The number of rotatable bonds is 4. The Morgan fingerprint density at radius 1 is 1.35 bits per heavy atom. The van der Waals surface area contributed by atoms with Crippen LogP contribution in [0.15, 0.2) is 41.8 Å². The molecule has 2 amide bonds. The summed E-state index contributed by atoms with van der Waals surface area (Å²) in [5.41, 5.74) is 2.02. The van der Waals surface area contributed by atoms with Gasteiger partial charge in [0.2, 0.25) is 0 Å². The van der Waals surface area contributed by atoms with Crippen molar-refractivity contribution < 1.29 is 4.79 Å². The zero-order chi connectivity index (χ0) is 13.9. The Hall–Kier alpha value is -1.81. The Morgan fingerprint density at radius 2 is 2.20 bits per heavy atom. The van der Waals surface area contributed by atoms with Gasteiger partial charge in [0.15, 0.2) is 0 Å². The standard InChI is InChI=1S/C16H18N2OS/c1-12-4-2-5-13(10-12)17-16(19)18(14-7-8-14)11-15-6-3-9-20-15/h2-6,9-10,14H,7-8,11H2,1H3,(H,17,19). The van der Waals surface area contributed by atoms with Crippen molar-refractivity contribution in [2.24, 2.45) is 0 Å². The fourth-order valence-corrected chi connectivity index (χ4v) is 2.94. The molecule has 1 aromatic carbocycles. The molecule has 20 heavy (non-hydrogen) atoms. The molecule has 3 nitrogen and oxygen atoms in total. The Bertz CT molecular complexity index is 590. The maximum absolute atomic E-state index is 12.5. The van der Waals surface area contributed by atoms with Crippen LogP contribution in [0.25, 0.3) is 0 Å². The van der Waals surface area contributed by atoms with E-state index < -0.39 is 0 Å². The van der Waals surface area contributed by atoms with Gasteiger partial charge < -0.3 is 10.2 Å². The number of carbonyl (C=O) groups is 1. The molecule has 1 aliphatic carbocycles. The van der Waals surface area contributed by atoms with Gasteiger partial charge in [0.25, 0.3) is 0 Å². The molecule has 3 rings (SSSR count). The van der Waals surface area contributed by atoms with E-state index in [0.29, 0.717) is 12.6 Å². The van der Waals surface area contributed by atoms with E-state index in [1.54, 1.807) is 11.3 Å². The van der Waals surface area contributed by atoms with Crippen molar-refractivity contribution in [2.45, 2.75) is 32.4 Å². The highest BCUT2D eigenvalue weighted by atomic mass is 32.1. The molecule has 104 valence electrons. The Morgan fingerprint density at radius 3 is 2.85 bits per heavy atom. The van der Waals surface area contributed by atoms with E-state index in [-0.39, 0.29) is 6.03 Å². The van der Waals surface area contributed by atoms with Crippen molar-refractivity contribution >= 4 is 23.1 Å². The monoisotopic (exact) mass is 286 g/mol. The molecule has 2 aromatic rings. The number of hydrogen-bond donors (Lipinski definition) is 1. The summed E-state index contributed by atoms with van der Waals surface area (Å²) in [4.78, 5) is 15.6. The van der Waals surface area contributed by atoms with E-state index in [0.717, 1.165) is 24.1 Å². The topological polar surface area (TPSA) is 32.3 Å². The minimum Gasteiger partial charge on any atom is -0.316 e. The predicted octanol–water partition coefficient (Wildman–Crippen LogP) is 4.25. The molecule has 0 aliphatic heterocycles. The largest absolute Gasteiger partial charge is 0.322 e. The molecule has 1 N–H and O–H groups in total. The summed E-state index contributed by atoms with van der Waals surface area (Å²) in [6.07, 6.45) is 2.24. The number of amides is 2. The fourth-order valence-electron chi connectivity index (χ4n) is 2.24. The lowest BCUT2D eigenvalue weighted by Crippen LogP contribution is -2.36. The zero-order valence-electron chi connectivity index (χ0n) is 11.5. The number of urea groups is 1. The summed E-state index contributed by atoms with van der Waals surface area (Å²) in [5.74, 6) is 0. The highest BCUT2D eigenvalue weighted by Crippen LogP contribution is 2.29. The molecule has 0 atom stereocenters. The number of nitrogens with zero attached hydrogens (tertiary/aromatic N) is 1. The third kappa shape index (κ3) is 3.20. The van der Waals surface area contributed by atoms with Gasteiger partial charge in [-0.3, -0.25) is 0 Å². The third-order valence-electron chi connectivity index (χ3n) is 3.42. The van der Waals surface area contributed by atoms with E-state index in [9.17, 15) is 4.79 Å². The molecule has 1 saturated carbocycles. The van der Waals surface area contributed by atoms with E-state index in [2.05, 4.69) is 16.8 Å². The second kappa shape index (κ2) is 5.67. The minimum absolute atomic E-state index is 0.00602. The molecule has 0 spiro atoms. The molecular formula is C16H18N2OS. The van der Waals surface area contributed by atoms with E-state index in [1.165, 1.54) is 4.88 Å². The second-order valence-corrected chi connectivity index (χ2v) is 6.27. The van der Waals surface area contributed by atoms with Crippen molar-refractivity contribution in [1.82, 2.24) is 4.90 Å². The van der Waals surface area contributed by atoms with Gasteiger partial charge in [0, 0.05) is 16.6 Å². The first kappa shape index (κ1) is 13.2. The third-order valence-corrected chi connectivity index (χ3v) is 4.29. The quantitative estimate of drug-likeness (QED) is 0.895. The molecule has 1 aromatic heterocycles. The average Bonchev–Trinajstić information content (AvgIpc) is 3.12. The van der Waals surface area contributed by atoms with Crippen LogP contribution in [-0.4, -0.2) is 17.0 Å². The van der Waals surface area contributed by atoms with Crippen molar-refractivity contribution in [3.8, 4) is 0 Å². The Kier molecular flexibility index (Phi) is 3.74. The van der Waals surface area contributed by atoms with Crippen LogP contribution in [0, 0.1) is 6.92 Å². The number of hydrogen-bond acceptors (Lipinski definition) is 2. The summed E-state index contributed by atoms with van der Waals surface area (Å²) in [5, 5.41) is 5.06. The van der Waals surface area contributed by atoms with Crippen LogP contribution in [0.5, 0.6) is 0 Å². The van der Waals surface area contributed by atoms with Crippen LogP contribution in [0.4, 0.5) is 10.5 Å². The molecular weight excluding hydrogens is 268 g/mol. The first-order chi connectivity index (χ1) is 9.72. The van der Waals surface area contributed by atoms with Crippen molar-refractivity contribution in [1.29, 1.82) is 0 Å². The molecule has 0 unspecified atom stereocenters. The SMILES string of the molecule is Cc1cccc(NC(=O)N(Cc2cccs2)C2CC2)c1. The number of benzene rings is 1. The lowest BCUT2D eigenvalue weighted by atomic mass is 10.2. The normalized spacial score (nSPS) is 14.1. The first-order valence-corrected chi connectivity index (χ1v) is 7.77. The number of nitrogens with one attached hydrogen (secondary N) is 1. The molecule has 0 radical (unpaired) electrons. The van der Waals surface area contributed by atoms with Crippen molar-refractivity contribution in [3.05, 3.63) is 52.2 Å². The number of thiophene rings is 1. The summed E-state index contributed by atoms with van der Waals surface area (Å²) in [6.45, 7) is 2.74. The van der Waals surface area contributed by atoms with Gasteiger partial charge >= 0.3 is 6.03 Å². The summed E-state index contributed by atoms with van der Waals surface area (Å²) >= 11 is 1.70. The maximum atomic E-state index is 12.5. The van der Waals surface area contributed by atoms with Gasteiger partial charge in [-0.2, -0.15) is 0 Å². The molecule has 0 bridgehead atoms. The first-order valence-electron chi connectivity index (χ1n) is 6.89. The van der Waals surface area contributed by atoms with Gasteiger partial charge in [-0.1, -0.05) is 18.2 Å². The van der Waals surface area contributed by atoms with Crippen LogP contribution < -0.4 is 5.32 Å². The van der Waals surface area contributed by atoms with E-state index in [4.69, 9.17) is 0 Å². The lowest BCUT2D eigenvalue weighted by molar-refractivity contribution is 0.206. The Balaban J connectivity index is 1.69. The van der Waals surface area contributed by atoms with Gasteiger partial charge in [0.1, 0.15) is 0 Å². The number of carbonyl (C=O) groups excluding carboxylic acids is 1. The molecule has 1 fully saturated rings. The van der Waals surface area contributed by atoms with Crippen molar-refractivity contribution in [2.75, 3.05) is 5.32 Å². The average molecular weight is 286 g/mol. The van der Waals surface area contributed by atoms with Gasteiger partial charge in [-0.25, -0.2) is 4.79 Å². The van der Waals surface area contributed by atoms with Crippen LogP contribution in [0.2, 0.25) is 0 Å². The lowest BCUT2D eigenvalue weighted by Gasteiger charge is -2.22. The minimum atomic E-state index is 0.00602. The Labute approximate surface area is 123 Å². The number of anilines is 1. The fraction of sp³-hybridized carbons (Fsp3) is 0.312. The van der Waals surface area contributed by atoms with Crippen LogP contribution in [-0.2, 0) is 6.54 Å². The molecule has 0 saturated heterocycles. The summed E-state index contributed by atoms with van der Waals surface area (Å²) < 4.78 is 0. The smallest absolute Gasteiger partial charge is 0.316 e. The molecule has 4 heteroatoms. The summed E-state index contributed by atoms with van der Waals surface area (Å²) in [6, 6.07) is 12.4. The van der Waals surface area contributed by atoms with E-state index in [1.807, 2.05) is 42.2 Å². The molecule has 1 heterocycles. The second-order valence-electron chi connectivity index (χ2n) is 5.24. The van der Waals surface area contributed by atoms with Gasteiger partial charge in [-0.05, 0) is 48.9 Å². The van der Waals surface area contributed by atoms with Gasteiger partial charge in [-0.15, -0.1) is 11.3 Å². The molecule has 1 aliphatic rings. The summed E-state index contributed by atoms with van der Waals surface area (Å²) in [7, 11) is 0. The maximum Gasteiger partial charge on any atom is 0.322 e. The van der Waals surface area contributed by atoms with E-state index >= 15 is 0 Å². The van der Waals surface area contributed by atoms with Gasteiger partial charge in [0.05, 0.1) is 6.54 Å².